The molecule has 134 valence electrons. The van der Waals surface area contributed by atoms with Crippen molar-refractivity contribution in [3.8, 4) is 0 Å². The van der Waals surface area contributed by atoms with Crippen LogP contribution in [0.1, 0.15) is 29.2 Å². The van der Waals surface area contributed by atoms with Crippen LogP contribution in [0, 0.1) is 0 Å². The van der Waals surface area contributed by atoms with Crippen molar-refractivity contribution in [3.63, 3.8) is 0 Å². The number of para-hydroxylation sites is 1. The lowest BCUT2D eigenvalue weighted by atomic mass is 10.0. The van der Waals surface area contributed by atoms with Crippen molar-refractivity contribution < 1.29 is 4.79 Å². The summed E-state index contributed by atoms with van der Waals surface area (Å²) in [6.45, 7) is 1.08. The number of benzene rings is 1. The van der Waals surface area contributed by atoms with Crippen molar-refractivity contribution in [1.82, 2.24) is 14.5 Å². The van der Waals surface area contributed by atoms with E-state index in [2.05, 4.69) is 4.98 Å². The highest BCUT2D eigenvalue weighted by atomic mass is 35.5. The smallest absolute Gasteiger partial charge is 0.261 e. The molecule has 0 aliphatic carbocycles. The van der Waals surface area contributed by atoms with E-state index < -0.39 is 0 Å². The van der Waals surface area contributed by atoms with Gasteiger partial charge in [0.05, 0.1) is 33.2 Å². The lowest BCUT2D eigenvalue weighted by Gasteiger charge is -2.33. The van der Waals surface area contributed by atoms with Crippen LogP contribution in [-0.2, 0) is 0 Å². The predicted molar refractivity (Wildman–Crippen MR) is 105 cm³/mol. The molecule has 1 atom stereocenters. The van der Waals surface area contributed by atoms with Gasteiger partial charge in [-0.1, -0.05) is 35.3 Å². The van der Waals surface area contributed by atoms with E-state index >= 15 is 0 Å². The zero-order valence-corrected chi connectivity index (χ0v) is 16.0. The fourth-order valence-corrected chi connectivity index (χ4v) is 4.81. The normalized spacial score (nSPS) is 17.6. The topological polar surface area (TPSA) is 55.2 Å². The van der Waals surface area contributed by atoms with E-state index in [1.807, 2.05) is 18.2 Å². The Balaban J connectivity index is 1.63. The van der Waals surface area contributed by atoms with Gasteiger partial charge in [-0.2, -0.15) is 0 Å². The monoisotopic (exact) mass is 407 g/mol. The maximum absolute atomic E-state index is 12.8. The number of fused-ring (bicyclic) bond motifs is 1. The van der Waals surface area contributed by atoms with Crippen molar-refractivity contribution in [2.75, 3.05) is 13.1 Å². The number of hydrogen-bond donors (Lipinski definition) is 0. The van der Waals surface area contributed by atoms with E-state index in [0.717, 1.165) is 12.8 Å². The molecule has 1 aliphatic heterocycles. The van der Waals surface area contributed by atoms with Gasteiger partial charge in [-0.05, 0) is 31.0 Å². The highest BCUT2D eigenvalue weighted by molar-refractivity contribution is 7.20. The molecular formula is C18H15Cl2N3O2S. The minimum atomic E-state index is -0.148. The fourth-order valence-electron chi connectivity index (χ4n) is 3.37. The Hall–Kier alpha value is -1.89. The molecule has 1 saturated heterocycles. The number of amides is 1. The maximum Gasteiger partial charge on any atom is 0.261 e. The summed E-state index contributed by atoms with van der Waals surface area (Å²) in [7, 11) is 0. The van der Waals surface area contributed by atoms with E-state index in [1.54, 1.807) is 27.9 Å². The number of rotatable bonds is 2. The lowest BCUT2D eigenvalue weighted by molar-refractivity contribution is 0.0678. The number of aromatic nitrogens is 2. The first-order chi connectivity index (χ1) is 12.5. The van der Waals surface area contributed by atoms with Crippen LogP contribution in [0.5, 0.6) is 0 Å². The number of thiophene rings is 1. The third-order valence-electron chi connectivity index (χ3n) is 4.65. The molecule has 4 rings (SSSR count). The van der Waals surface area contributed by atoms with Gasteiger partial charge < -0.3 is 4.90 Å². The van der Waals surface area contributed by atoms with Crippen LogP contribution < -0.4 is 5.56 Å². The van der Waals surface area contributed by atoms with Crippen LogP contribution in [0.3, 0.4) is 0 Å². The minimum Gasteiger partial charge on any atom is -0.336 e. The molecule has 1 amide bonds. The Morgan fingerprint density at radius 1 is 1.27 bits per heavy atom. The Labute approximate surface area is 163 Å². The van der Waals surface area contributed by atoms with Crippen LogP contribution in [0.15, 0.2) is 41.5 Å². The van der Waals surface area contributed by atoms with Crippen LogP contribution >= 0.6 is 34.5 Å². The van der Waals surface area contributed by atoms with E-state index in [9.17, 15) is 9.59 Å². The first kappa shape index (κ1) is 17.5. The molecule has 5 nitrogen and oxygen atoms in total. The summed E-state index contributed by atoms with van der Waals surface area (Å²) in [5.41, 5.74) is 1.02. The van der Waals surface area contributed by atoms with Crippen molar-refractivity contribution in [2.45, 2.75) is 18.9 Å². The molecule has 0 unspecified atom stereocenters. The molecule has 0 spiro atoms. The highest BCUT2D eigenvalue weighted by Gasteiger charge is 2.28. The Bertz CT molecular complexity index is 1050. The molecule has 1 aliphatic rings. The van der Waals surface area contributed by atoms with Crippen LogP contribution in [0.2, 0.25) is 8.67 Å². The summed E-state index contributed by atoms with van der Waals surface area (Å²) in [6, 6.07) is 8.78. The molecule has 3 heterocycles. The number of likely N-dealkylation sites (tertiary alicyclic amines) is 1. The van der Waals surface area contributed by atoms with E-state index in [4.69, 9.17) is 23.2 Å². The largest absolute Gasteiger partial charge is 0.336 e. The summed E-state index contributed by atoms with van der Waals surface area (Å²) in [4.78, 5) is 31.7. The lowest BCUT2D eigenvalue weighted by Crippen LogP contribution is -2.42. The molecule has 0 N–H and O–H groups in total. The SMILES string of the molecule is O=C(c1cc(Cl)sc1Cl)N1CCC[C@@H](n2cnc3ccccc3c2=O)C1. The molecule has 26 heavy (non-hydrogen) atoms. The number of halogens is 2. The number of piperidine rings is 1. The average molecular weight is 408 g/mol. The Kier molecular flexibility index (Phi) is 4.73. The maximum atomic E-state index is 12.8. The van der Waals surface area contributed by atoms with Gasteiger partial charge in [0.2, 0.25) is 0 Å². The predicted octanol–water partition coefficient (Wildman–Crippen LogP) is 4.24. The highest BCUT2D eigenvalue weighted by Crippen LogP contribution is 2.33. The fraction of sp³-hybridized carbons (Fsp3) is 0.278. The zero-order valence-electron chi connectivity index (χ0n) is 13.7. The van der Waals surface area contributed by atoms with E-state index in [1.165, 1.54) is 11.3 Å². The molecule has 3 aromatic rings. The molecule has 8 heteroatoms. The van der Waals surface area contributed by atoms with Crippen molar-refractivity contribution >= 4 is 51.3 Å². The van der Waals surface area contributed by atoms with Gasteiger partial charge in [0.1, 0.15) is 4.34 Å². The van der Waals surface area contributed by atoms with Crippen LogP contribution in [-0.4, -0.2) is 33.4 Å². The number of hydrogen-bond acceptors (Lipinski definition) is 4. The van der Waals surface area contributed by atoms with Crippen LogP contribution in [0.4, 0.5) is 0 Å². The third-order valence-corrected chi connectivity index (χ3v) is 6.14. The quantitative estimate of drug-likeness (QED) is 0.637. The van der Waals surface area contributed by atoms with E-state index in [0.29, 0.717) is 38.2 Å². The summed E-state index contributed by atoms with van der Waals surface area (Å²) >= 11 is 13.3. The molecule has 0 bridgehead atoms. The van der Waals surface area contributed by atoms with Gasteiger partial charge in [0.25, 0.3) is 11.5 Å². The standard InChI is InChI=1S/C18H15Cl2N3O2S/c19-15-8-13(16(20)26-15)17(24)22-7-3-4-11(9-22)23-10-21-14-6-2-1-5-12(14)18(23)25/h1-2,5-6,8,10-11H,3-4,7,9H2/t11-/m1/s1. The summed E-state index contributed by atoms with van der Waals surface area (Å²) < 4.78 is 2.53. The number of carbonyl (C=O) groups is 1. The van der Waals surface area contributed by atoms with E-state index in [-0.39, 0.29) is 17.5 Å². The van der Waals surface area contributed by atoms with Crippen molar-refractivity contribution in [1.29, 1.82) is 0 Å². The van der Waals surface area contributed by atoms with Crippen LogP contribution in [0.25, 0.3) is 10.9 Å². The number of nitrogens with zero attached hydrogens (tertiary/aromatic N) is 3. The molecule has 0 saturated carbocycles. The van der Waals surface area contributed by atoms with Crippen molar-refractivity contribution in [2.24, 2.45) is 0 Å². The molecular weight excluding hydrogens is 393 g/mol. The molecule has 0 radical (unpaired) electrons. The first-order valence-corrected chi connectivity index (χ1v) is 9.82. The Morgan fingerprint density at radius 3 is 2.85 bits per heavy atom. The van der Waals surface area contributed by atoms with Gasteiger partial charge >= 0.3 is 0 Å². The Morgan fingerprint density at radius 2 is 2.08 bits per heavy atom. The van der Waals surface area contributed by atoms with Crippen molar-refractivity contribution in [3.05, 3.63) is 61.2 Å². The third kappa shape index (κ3) is 3.13. The molecule has 1 fully saturated rings. The second-order valence-corrected chi connectivity index (χ2v) is 8.54. The zero-order chi connectivity index (χ0) is 18.3. The van der Waals surface area contributed by atoms with Gasteiger partial charge in [-0.3, -0.25) is 14.2 Å². The summed E-state index contributed by atoms with van der Waals surface area (Å²) in [6.07, 6.45) is 3.21. The van der Waals surface area contributed by atoms with Gasteiger partial charge in [-0.15, -0.1) is 11.3 Å². The minimum absolute atomic E-state index is 0.0773. The van der Waals surface area contributed by atoms with Gasteiger partial charge in [0.15, 0.2) is 0 Å². The van der Waals surface area contributed by atoms with Gasteiger partial charge in [0, 0.05) is 13.1 Å². The first-order valence-electron chi connectivity index (χ1n) is 8.24. The number of carbonyl (C=O) groups excluding carboxylic acids is 1. The molecule has 1 aromatic carbocycles. The summed E-state index contributed by atoms with van der Waals surface area (Å²) in [5, 5.41) is 0.589. The average Bonchev–Trinajstić information content (AvgIpc) is 3.00. The second-order valence-electron chi connectivity index (χ2n) is 6.26. The van der Waals surface area contributed by atoms with Gasteiger partial charge in [-0.25, -0.2) is 4.98 Å². The summed E-state index contributed by atoms with van der Waals surface area (Å²) in [5.74, 6) is -0.148. The molecule has 2 aromatic heterocycles. The second kappa shape index (κ2) is 7.02.